The van der Waals surface area contributed by atoms with E-state index < -0.39 is 0 Å². The molecule has 0 bridgehead atoms. The summed E-state index contributed by atoms with van der Waals surface area (Å²) in [4.78, 5) is 14.2. The Bertz CT molecular complexity index is 493. The highest BCUT2D eigenvalue weighted by atomic mass is 35.5. The van der Waals surface area contributed by atoms with Gasteiger partial charge in [-0.2, -0.15) is 0 Å². The van der Waals surface area contributed by atoms with Crippen LogP contribution in [0, 0.1) is 12.8 Å². The van der Waals surface area contributed by atoms with Gasteiger partial charge in [0.1, 0.15) is 0 Å². The molecule has 2 N–H and O–H groups in total. The van der Waals surface area contributed by atoms with Crippen LogP contribution in [-0.4, -0.2) is 41.7 Å². The Kier molecular flexibility index (Phi) is 5.02. The van der Waals surface area contributed by atoms with E-state index in [1.165, 1.54) is 0 Å². The van der Waals surface area contributed by atoms with Gasteiger partial charge in [0.15, 0.2) is 0 Å². The molecule has 4 nitrogen and oxygen atoms in total. The standard InChI is InChI=1S/C15H21ClN2O2/c1-10-5-6-18(14(10)9-19)8-15(20)17-13-4-3-12(16)7-11(13)2/h3-4,7,10,14,19H,5-6,8-9H2,1-2H3,(H,17,20). The molecule has 1 saturated heterocycles. The molecule has 1 aliphatic rings. The fourth-order valence-electron chi connectivity index (χ4n) is 2.72. The second-order valence-corrected chi connectivity index (χ2v) is 5.93. The average molecular weight is 297 g/mol. The van der Waals surface area contributed by atoms with Crippen LogP contribution in [0.25, 0.3) is 0 Å². The van der Waals surface area contributed by atoms with Gasteiger partial charge in [0.25, 0.3) is 0 Å². The van der Waals surface area contributed by atoms with Gasteiger partial charge in [-0.05, 0) is 49.6 Å². The van der Waals surface area contributed by atoms with Crippen molar-refractivity contribution in [3.05, 3.63) is 28.8 Å². The van der Waals surface area contributed by atoms with Crippen molar-refractivity contribution in [1.29, 1.82) is 0 Å². The van der Waals surface area contributed by atoms with E-state index in [0.29, 0.717) is 17.5 Å². The fourth-order valence-corrected chi connectivity index (χ4v) is 2.95. The molecule has 0 spiro atoms. The first-order valence-corrected chi connectivity index (χ1v) is 7.30. The minimum absolute atomic E-state index is 0.0528. The number of aryl methyl sites for hydroxylation is 1. The Morgan fingerprint density at radius 3 is 2.95 bits per heavy atom. The first-order valence-electron chi connectivity index (χ1n) is 6.92. The van der Waals surface area contributed by atoms with Crippen molar-refractivity contribution in [2.24, 2.45) is 5.92 Å². The van der Waals surface area contributed by atoms with Crippen molar-refractivity contribution < 1.29 is 9.90 Å². The lowest BCUT2D eigenvalue weighted by Gasteiger charge is -2.24. The fraction of sp³-hybridized carbons (Fsp3) is 0.533. The largest absolute Gasteiger partial charge is 0.395 e. The number of hydrogen-bond donors (Lipinski definition) is 2. The van der Waals surface area contributed by atoms with Crippen molar-refractivity contribution in [2.75, 3.05) is 25.0 Å². The summed E-state index contributed by atoms with van der Waals surface area (Å²) in [6.07, 6.45) is 1.03. The predicted molar refractivity (Wildman–Crippen MR) is 81.0 cm³/mol. The van der Waals surface area contributed by atoms with Crippen LogP contribution >= 0.6 is 11.6 Å². The minimum atomic E-state index is -0.0528. The summed E-state index contributed by atoms with van der Waals surface area (Å²) in [5.41, 5.74) is 1.73. The molecular weight excluding hydrogens is 276 g/mol. The lowest BCUT2D eigenvalue weighted by molar-refractivity contribution is -0.117. The van der Waals surface area contributed by atoms with E-state index in [0.717, 1.165) is 24.2 Å². The molecule has 0 aromatic heterocycles. The van der Waals surface area contributed by atoms with Crippen LogP contribution < -0.4 is 5.32 Å². The van der Waals surface area contributed by atoms with Gasteiger partial charge in [-0.15, -0.1) is 0 Å². The number of likely N-dealkylation sites (tertiary alicyclic amines) is 1. The first kappa shape index (κ1) is 15.3. The van der Waals surface area contributed by atoms with Gasteiger partial charge in [0, 0.05) is 16.8 Å². The Morgan fingerprint density at radius 2 is 2.30 bits per heavy atom. The van der Waals surface area contributed by atoms with Crippen LogP contribution in [0.15, 0.2) is 18.2 Å². The Balaban J connectivity index is 1.95. The summed E-state index contributed by atoms with van der Waals surface area (Å²) >= 11 is 5.90. The van der Waals surface area contributed by atoms with Crippen LogP contribution in [0.5, 0.6) is 0 Å². The van der Waals surface area contributed by atoms with E-state index in [1.54, 1.807) is 6.07 Å². The van der Waals surface area contributed by atoms with Gasteiger partial charge in [-0.25, -0.2) is 0 Å². The molecule has 0 radical (unpaired) electrons. The average Bonchev–Trinajstić information content (AvgIpc) is 2.73. The van der Waals surface area contributed by atoms with E-state index in [9.17, 15) is 9.90 Å². The molecule has 1 aromatic rings. The van der Waals surface area contributed by atoms with Crippen LogP contribution in [0.4, 0.5) is 5.69 Å². The van der Waals surface area contributed by atoms with Crippen molar-refractivity contribution in [3.63, 3.8) is 0 Å². The number of amides is 1. The zero-order chi connectivity index (χ0) is 14.7. The van der Waals surface area contributed by atoms with Gasteiger partial charge in [-0.1, -0.05) is 18.5 Å². The number of benzene rings is 1. The van der Waals surface area contributed by atoms with Crippen molar-refractivity contribution >= 4 is 23.2 Å². The van der Waals surface area contributed by atoms with E-state index in [1.807, 2.05) is 24.0 Å². The molecule has 2 rings (SSSR count). The molecule has 0 aliphatic carbocycles. The lowest BCUT2D eigenvalue weighted by Crippen LogP contribution is -2.40. The quantitative estimate of drug-likeness (QED) is 0.896. The summed E-state index contributed by atoms with van der Waals surface area (Å²) in [6.45, 7) is 5.31. The number of hydrogen-bond acceptors (Lipinski definition) is 3. The van der Waals surface area contributed by atoms with Crippen molar-refractivity contribution in [3.8, 4) is 0 Å². The van der Waals surface area contributed by atoms with Gasteiger partial charge < -0.3 is 10.4 Å². The number of carbonyl (C=O) groups excluding carboxylic acids is 1. The Morgan fingerprint density at radius 1 is 1.55 bits per heavy atom. The van der Waals surface area contributed by atoms with Gasteiger partial charge in [0.05, 0.1) is 13.2 Å². The highest BCUT2D eigenvalue weighted by Gasteiger charge is 2.31. The zero-order valence-corrected chi connectivity index (χ0v) is 12.7. The lowest BCUT2D eigenvalue weighted by atomic mass is 10.0. The second kappa shape index (κ2) is 6.57. The molecule has 20 heavy (non-hydrogen) atoms. The molecule has 1 aromatic carbocycles. The molecule has 5 heteroatoms. The highest BCUT2D eigenvalue weighted by Crippen LogP contribution is 2.24. The van der Waals surface area contributed by atoms with Crippen LogP contribution in [-0.2, 0) is 4.79 Å². The summed E-state index contributed by atoms with van der Waals surface area (Å²) < 4.78 is 0. The summed E-state index contributed by atoms with van der Waals surface area (Å²) in [7, 11) is 0. The van der Waals surface area contributed by atoms with E-state index in [4.69, 9.17) is 11.6 Å². The third-order valence-corrected chi connectivity index (χ3v) is 4.23. The number of halogens is 1. The summed E-state index contributed by atoms with van der Waals surface area (Å²) in [5, 5.41) is 13.0. The smallest absolute Gasteiger partial charge is 0.238 e. The Labute approximate surface area is 124 Å². The monoisotopic (exact) mass is 296 g/mol. The third-order valence-electron chi connectivity index (χ3n) is 3.99. The van der Waals surface area contributed by atoms with Crippen LogP contribution in [0.1, 0.15) is 18.9 Å². The summed E-state index contributed by atoms with van der Waals surface area (Å²) in [5.74, 6) is 0.382. The summed E-state index contributed by atoms with van der Waals surface area (Å²) in [6, 6.07) is 5.49. The maximum Gasteiger partial charge on any atom is 0.238 e. The maximum absolute atomic E-state index is 12.1. The third kappa shape index (κ3) is 3.51. The van der Waals surface area contributed by atoms with Gasteiger partial charge in [-0.3, -0.25) is 9.69 Å². The molecule has 1 heterocycles. The van der Waals surface area contributed by atoms with Crippen molar-refractivity contribution in [1.82, 2.24) is 4.90 Å². The molecule has 2 unspecified atom stereocenters. The Hall–Kier alpha value is -1.10. The van der Waals surface area contributed by atoms with E-state index in [2.05, 4.69) is 12.2 Å². The van der Waals surface area contributed by atoms with Crippen molar-refractivity contribution in [2.45, 2.75) is 26.3 Å². The van der Waals surface area contributed by atoms with Crippen LogP contribution in [0.3, 0.4) is 0 Å². The van der Waals surface area contributed by atoms with Gasteiger partial charge in [0.2, 0.25) is 5.91 Å². The molecule has 110 valence electrons. The number of nitrogens with zero attached hydrogens (tertiary/aromatic N) is 1. The number of aliphatic hydroxyl groups is 1. The molecule has 0 saturated carbocycles. The number of rotatable bonds is 4. The maximum atomic E-state index is 12.1. The normalized spacial score (nSPS) is 23.0. The number of aliphatic hydroxyl groups excluding tert-OH is 1. The topological polar surface area (TPSA) is 52.6 Å². The molecule has 1 amide bonds. The molecule has 1 fully saturated rings. The van der Waals surface area contributed by atoms with E-state index >= 15 is 0 Å². The number of anilines is 1. The zero-order valence-electron chi connectivity index (χ0n) is 11.9. The predicted octanol–water partition coefficient (Wildman–Crippen LogP) is 2.29. The SMILES string of the molecule is Cc1cc(Cl)ccc1NC(=O)CN1CCC(C)C1CO. The highest BCUT2D eigenvalue weighted by molar-refractivity contribution is 6.30. The number of nitrogens with one attached hydrogen (secondary N) is 1. The molecule has 1 aliphatic heterocycles. The number of carbonyl (C=O) groups is 1. The minimum Gasteiger partial charge on any atom is -0.395 e. The molecule has 2 atom stereocenters. The first-order chi connectivity index (χ1) is 9.51. The molecular formula is C15H21ClN2O2. The van der Waals surface area contributed by atoms with E-state index in [-0.39, 0.29) is 18.6 Å². The second-order valence-electron chi connectivity index (χ2n) is 5.49. The van der Waals surface area contributed by atoms with Crippen LogP contribution in [0.2, 0.25) is 5.02 Å². The van der Waals surface area contributed by atoms with Gasteiger partial charge >= 0.3 is 0 Å².